The van der Waals surface area contributed by atoms with Crippen LogP contribution in [-0.4, -0.2) is 27.5 Å². The Hall–Kier alpha value is -1.13. The number of guanidine groups is 1. The summed E-state index contributed by atoms with van der Waals surface area (Å²) >= 11 is 0. The molecule has 0 saturated carbocycles. The summed E-state index contributed by atoms with van der Waals surface area (Å²) in [5.74, 6) is 0.588. The maximum atomic E-state index is 12.1. The molecule has 0 atom stereocenters. The molecule has 0 heterocycles. The van der Waals surface area contributed by atoms with Crippen LogP contribution in [0.1, 0.15) is 19.4 Å². The maximum absolute atomic E-state index is 12.1. The van der Waals surface area contributed by atoms with Crippen molar-refractivity contribution in [1.29, 1.82) is 0 Å². The Bertz CT molecular complexity index is 613. The molecular weight excluding hydrogens is 427 g/mol. The molecule has 4 N–H and O–H groups in total. The van der Waals surface area contributed by atoms with E-state index in [0.717, 1.165) is 5.56 Å². The Labute approximate surface area is 155 Å². The largest absolute Gasteiger partial charge is 0.370 e. The Morgan fingerprint density at radius 3 is 2.48 bits per heavy atom. The molecule has 0 aromatic heterocycles. The normalized spacial score (nSPS) is 11.9. The van der Waals surface area contributed by atoms with Crippen LogP contribution in [0.4, 0.5) is 0 Å². The second-order valence-electron chi connectivity index (χ2n) is 5.26. The molecule has 0 saturated heterocycles. The molecular formula is C15H25IN4O2S. The van der Waals surface area contributed by atoms with Crippen molar-refractivity contribution in [2.75, 3.05) is 13.1 Å². The number of nitrogens with two attached hydrogens (primary N) is 1. The zero-order chi connectivity index (χ0) is 16.6. The van der Waals surface area contributed by atoms with Crippen molar-refractivity contribution in [1.82, 2.24) is 10.0 Å². The smallest absolute Gasteiger partial charge is 0.240 e. The Morgan fingerprint density at radius 1 is 1.35 bits per heavy atom. The number of aliphatic imine (C=N–C) groups is 1. The van der Waals surface area contributed by atoms with E-state index in [1.54, 1.807) is 30.3 Å². The summed E-state index contributed by atoms with van der Waals surface area (Å²) in [5.41, 5.74) is 6.54. The number of nitrogens with zero attached hydrogens (tertiary/aromatic N) is 1. The predicted molar refractivity (Wildman–Crippen MR) is 105 cm³/mol. The summed E-state index contributed by atoms with van der Waals surface area (Å²) in [5, 5.41) is 2.87. The van der Waals surface area contributed by atoms with Gasteiger partial charge in [-0.1, -0.05) is 32.1 Å². The lowest BCUT2D eigenvalue weighted by Crippen LogP contribution is -2.31. The molecule has 1 rings (SSSR count). The van der Waals surface area contributed by atoms with E-state index in [1.807, 2.05) is 13.8 Å². The van der Waals surface area contributed by atoms with E-state index in [2.05, 4.69) is 21.6 Å². The van der Waals surface area contributed by atoms with Crippen LogP contribution in [0.2, 0.25) is 0 Å². The number of rotatable bonds is 8. The third-order valence-electron chi connectivity index (χ3n) is 2.77. The van der Waals surface area contributed by atoms with Gasteiger partial charge in [-0.25, -0.2) is 18.1 Å². The van der Waals surface area contributed by atoms with Crippen molar-refractivity contribution >= 4 is 40.0 Å². The summed E-state index contributed by atoms with van der Waals surface area (Å²) in [4.78, 5) is 4.40. The molecule has 0 fully saturated rings. The molecule has 0 spiro atoms. The van der Waals surface area contributed by atoms with Gasteiger partial charge >= 0.3 is 0 Å². The highest BCUT2D eigenvalue weighted by atomic mass is 127. The first-order chi connectivity index (χ1) is 10.3. The van der Waals surface area contributed by atoms with Crippen LogP contribution in [0.5, 0.6) is 0 Å². The fourth-order valence-electron chi connectivity index (χ4n) is 1.54. The minimum atomic E-state index is -3.45. The highest BCUT2D eigenvalue weighted by Crippen LogP contribution is 2.11. The van der Waals surface area contributed by atoms with Crippen molar-refractivity contribution < 1.29 is 8.42 Å². The average Bonchev–Trinajstić information content (AvgIpc) is 2.49. The lowest BCUT2D eigenvalue weighted by molar-refractivity contribution is 0.560. The molecule has 130 valence electrons. The average molecular weight is 452 g/mol. The quantitative estimate of drug-likeness (QED) is 0.243. The van der Waals surface area contributed by atoms with Crippen LogP contribution in [0, 0.1) is 5.92 Å². The van der Waals surface area contributed by atoms with Gasteiger partial charge in [-0.15, -0.1) is 30.6 Å². The van der Waals surface area contributed by atoms with Crippen LogP contribution < -0.4 is 15.8 Å². The minimum Gasteiger partial charge on any atom is -0.370 e. The number of hydrogen-bond acceptors (Lipinski definition) is 3. The summed E-state index contributed by atoms with van der Waals surface area (Å²) in [6.07, 6.45) is 1.69. The van der Waals surface area contributed by atoms with E-state index < -0.39 is 10.0 Å². The van der Waals surface area contributed by atoms with Gasteiger partial charge in [-0.3, -0.25) is 0 Å². The third kappa shape index (κ3) is 8.33. The predicted octanol–water partition coefficient (Wildman–Crippen LogP) is 1.83. The lowest BCUT2D eigenvalue weighted by Gasteiger charge is -2.09. The third-order valence-corrected chi connectivity index (χ3v) is 4.21. The Kier molecular flexibility index (Phi) is 10.1. The molecule has 0 bridgehead atoms. The lowest BCUT2D eigenvalue weighted by atomic mass is 10.2. The van der Waals surface area contributed by atoms with Gasteiger partial charge in [0, 0.05) is 13.1 Å². The van der Waals surface area contributed by atoms with Crippen LogP contribution in [0.25, 0.3) is 0 Å². The van der Waals surface area contributed by atoms with Crippen LogP contribution in [-0.2, 0) is 16.6 Å². The molecule has 0 aliphatic carbocycles. The Morgan fingerprint density at radius 2 is 1.96 bits per heavy atom. The van der Waals surface area contributed by atoms with Gasteiger partial charge in [-0.05, 0) is 23.6 Å². The summed E-state index contributed by atoms with van der Waals surface area (Å²) in [6.45, 7) is 8.83. The highest BCUT2D eigenvalue weighted by Gasteiger charge is 2.13. The number of benzene rings is 1. The fraction of sp³-hybridized carbons (Fsp3) is 0.400. The molecule has 6 nitrogen and oxygen atoms in total. The van der Waals surface area contributed by atoms with Crippen LogP contribution in [0.15, 0.2) is 46.8 Å². The van der Waals surface area contributed by atoms with Crippen LogP contribution in [0.3, 0.4) is 0 Å². The standard InChI is InChI=1S/C15H24N4O2S.HI/c1-4-9-17-15(16)18-11-13-5-7-14(8-6-13)22(20,21)19-10-12(2)3;/h4-8,12,19H,1,9-11H2,2-3H3,(H3,16,17,18);1H. The van der Waals surface area contributed by atoms with Crippen molar-refractivity contribution in [3.05, 3.63) is 42.5 Å². The SMILES string of the molecule is C=CCNC(N)=NCc1ccc(S(=O)(=O)NCC(C)C)cc1.I. The van der Waals surface area contributed by atoms with E-state index in [0.29, 0.717) is 25.6 Å². The van der Waals surface area contributed by atoms with Gasteiger partial charge < -0.3 is 11.1 Å². The molecule has 8 heteroatoms. The molecule has 0 amide bonds. The molecule has 0 aliphatic heterocycles. The number of sulfonamides is 1. The van der Waals surface area contributed by atoms with Gasteiger partial charge in [0.1, 0.15) is 0 Å². The maximum Gasteiger partial charge on any atom is 0.240 e. The van der Waals surface area contributed by atoms with Gasteiger partial charge in [0.05, 0.1) is 11.4 Å². The van der Waals surface area contributed by atoms with Gasteiger partial charge in [-0.2, -0.15) is 0 Å². The van der Waals surface area contributed by atoms with Crippen LogP contribution >= 0.6 is 24.0 Å². The van der Waals surface area contributed by atoms with E-state index in [9.17, 15) is 8.42 Å². The van der Waals surface area contributed by atoms with Crippen molar-refractivity contribution in [2.45, 2.75) is 25.3 Å². The first-order valence-electron chi connectivity index (χ1n) is 7.08. The molecule has 1 aromatic rings. The number of nitrogens with one attached hydrogen (secondary N) is 2. The second kappa shape index (κ2) is 10.6. The number of halogens is 1. The van der Waals surface area contributed by atoms with Gasteiger partial charge in [0.2, 0.25) is 10.0 Å². The van der Waals surface area contributed by atoms with Crippen molar-refractivity contribution in [2.24, 2.45) is 16.6 Å². The van der Waals surface area contributed by atoms with E-state index in [-0.39, 0.29) is 34.8 Å². The monoisotopic (exact) mass is 452 g/mol. The fourth-order valence-corrected chi connectivity index (χ4v) is 2.76. The molecule has 23 heavy (non-hydrogen) atoms. The second-order valence-corrected chi connectivity index (χ2v) is 7.03. The van der Waals surface area contributed by atoms with Gasteiger partial charge in [0.25, 0.3) is 0 Å². The molecule has 0 radical (unpaired) electrons. The minimum absolute atomic E-state index is 0. The first-order valence-corrected chi connectivity index (χ1v) is 8.56. The molecule has 1 aromatic carbocycles. The van der Waals surface area contributed by atoms with Gasteiger partial charge in [0.15, 0.2) is 5.96 Å². The van der Waals surface area contributed by atoms with E-state index in [4.69, 9.17) is 5.73 Å². The van der Waals surface area contributed by atoms with Crippen molar-refractivity contribution in [3.8, 4) is 0 Å². The summed E-state index contributed by atoms with van der Waals surface area (Å²) in [7, 11) is -3.45. The summed E-state index contributed by atoms with van der Waals surface area (Å²) < 4.78 is 26.7. The van der Waals surface area contributed by atoms with Crippen molar-refractivity contribution in [3.63, 3.8) is 0 Å². The zero-order valence-electron chi connectivity index (χ0n) is 13.5. The highest BCUT2D eigenvalue weighted by molar-refractivity contribution is 14.0. The topological polar surface area (TPSA) is 96.6 Å². The van der Waals surface area contributed by atoms with E-state index in [1.165, 1.54) is 0 Å². The molecule has 0 unspecified atom stereocenters. The zero-order valence-corrected chi connectivity index (χ0v) is 16.6. The van der Waals surface area contributed by atoms with E-state index >= 15 is 0 Å². The Balaban J connectivity index is 0.00000484. The summed E-state index contributed by atoms with van der Waals surface area (Å²) in [6, 6.07) is 6.60. The molecule has 0 aliphatic rings. The number of hydrogen-bond donors (Lipinski definition) is 3. The first kappa shape index (κ1) is 21.9.